The van der Waals surface area contributed by atoms with Crippen LogP contribution in [0.2, 0.25) is 0 Å². The monoisotopic (exact) mass is 372 g/mol. The van der Waals surface area contributed by atoms with Gasteiger partial charge in [-0.3, -0.25) is 4.90 Å². The second-order valence-corrected chi connectivity index (χ2v) is 6.41. The first-order valence-corrected chi connectivity index (χ1v) is 9.06. The Hall–Kier alpha value is -2.78. The van der Waals surface area contributed by atoms with Crippen molar-refractivity contribution in [2.45, 2.75) is 6.54 Å². The molecule has 0 spiro atoms. The number of nitrogens with zero attached hydrogens (tertiary/aromatic N) is 3. The van der Waals surface area contributed by atoms with Crippen LogP contribution in [0.4, 0.5) is 17.3 Å². The number of fused-ring (bicyclic) bond motifs is 1. The van der Waals surface area contributed by atoms with E-state index in [0.29, 0.717) is 23.9 Å². The molecule has 1 saturated heterocycles. The average Bonchev–Trinajstić information content (AvgIpc) is 3.17. The first kappa shape index (κ1) is 17.6. The summed E-state index contributed by atoms with van der Waals surface area (Å²) in [6.45, 7) is 6.05. The third kappa shape index (κ3) is 4.32. The van der Waals surface area contributed by atoms with Crippen LogP contribution >= 0.6 is 0 Å². The van der Waals surface area contributed by atoms with Crippen LogP contribution in [0, 0.1) is 0 Å². The molecule has 1 aromatic carbocycles. The van der Waals surface area contributed by atoms with Gasteiger partial charge in [0.1, 0.15) is 12.0 Å². The fraction of sp³-hybridized carbons (Fsp3) is 0.444. The molecule has 0 aliphatic carbocycles. The smallest absolute Gasteiger partial charge is 0.231 e. The van der Waals surface area contributed by atoms with Crippen LogP contribution in [0.5, 0.6) is 11.5 Å². The summed E-state index contributed by atoms with van der Waals surface area (Å²) in [4.78, 5) is 10.9. The van der Waals surface area contributed by atoms with E-state index < -0.39 is 0 Å². The average molecular weight is 372 g/mol. The van der Waals surface area contributed by atoms with Crippen LogP contribution in [-0.2, 0) is 11.3 Å². The number of hydrogen-bond acceptors (Lipinski definition) is 9. The summed E-state index contributed by atoms with van der Waals surface area (Å²) >= 11 is 0. The van der Waals surface area contributed by atoms with Gasteiger partial charge < -0.3 is 30.6 Å². The molecule has 2 aromatic rings. The highest BCUT2D eigenvalue weighted by Crippen LogP contribution is 2.32. The minimum Gasteiger partial charge on any atom is -0.454 e. The van der Waals surface area contributed by atoms with Crippen molar-refractivity contribution < 1.29 is 14.2 Å². The first-order chi connectivity index (χ1) is 13.3. The largest absolute Gasteiger partial charge is 0.454 e. The van der Waals surface area contributed by atoms with E-state index in [2.05, 4.69) is 25.5 Å². The standard InChI is InChI=1S/C18H24N6O3/c19-16-17(20-3-4-24-5-7-25-8-6-24)22-11-23-18(16)21-10-13-1-2-14-15(9-13)27-12-26-14/h1-2,9,11H,3-8,10,12,19H2,(H2,20,21,22,23). The normalized spacial score (nSPS) is 16.3. The van der Waals surface area contributed by atoms with Crippen LogP contribution in [0.3, 0.4) is 0 Å². The molecule has 0 bridgehead atoms. The molecular weight excluding hydrogens is 348 g/mol. The highest BCUT2D eigenvalue weighted by atomic mass is 16.7. The molecular formula is C18H24N6O3. The maximum absolute atomic E-state index is 6.23. The first-order valence-electron chi connectivity index (χ1n) is 9.06. The third-order valence-electron chi connectivity index (χ3n) is 4.61. The van der Waals surface area contributed by atoms with Crippen molar-refractivity contribution in [2.75, 3.05) is 62.6 Å². The molecule has 27 heavy (non-hydrogen) atoms. The summed E-state index contributed by atoms with van der Waals surface area (Å²) in [6.07, 6.45) is 1.51. The lowest BCUT2D eigenvalue weighted by molar-refractivity contribution is 0.0398. The fourth-order valence-corrected chi connectivity index (χ4v) is 3.07. The van der Waals surface area contributed by atoms with Gasteiger partial charge in [0.15, 0.2) is 23.1 Å². The molecule has 3 heterocycles. The zero-order valence-electron chi connectivity index (χ0n) is 15.1. The van der Waals surface area contributed by atoms with E-state index in [1.54, 1.807) is 0 Å². The SMILES string of the molecule is Nc1c(NCCN2CCOCC2)ncnc1NCc1ccc2c(c1)OCO2. The highest BCUT2D eigenvalue weighted by Gasteiger charge is 2.14. The molecule has 4 N–H and O–H groups in total. The maximum Gasteiger partial charge on any atom is 0.231 e. The van der Waals surface area contributed by atoms with Crippen LogP contribution in [0.25, 0.3) is 0 Å². The van der Waals surface area contributed by atoms with Gasteiger partial charge in [-0.1, -0.05) is 6.07 Å². The molecule has 2 aliphatic rings. The number of ether oxygens (including phenoxy) is 3. The van der Waals surface area contributed by atoms with E-state index in [1.165, 1.54) is 6.33 Å². The third-order valence-corrected chi connectivity index (χ3v) is 4.61. The quantitative estimate of drug-likeness (QED) is 0.659. The Kier molecular flexibility index (Phi) is 5.40. The summed E-state index contributed by atoms with van der Waals surface area (Å²) in [5.74, 6) is 2.78. The van der Waals surface area contributed by atoms with Crippen molar-refractivity contribution in [1.29, 1.82) is 0 Å². The molecule has 144 valence electrons. The molecule has 0 atom stereocenters. The molecule has 1 aromatic heterocycles. The summed E-state index contributed by atoms with van der Waals surface area (Å²) in [7, 11) is 0. The van der Waals surface area contributed by atoms with Gasteiger partial charge in [-0.15, -0.1) is 0 Å². The van der Waals surface area contributed by atoms with Gasteiger partial charge in [-0.2, -0.15) is 0 Å². The van der Waals surface area contributed by atoms with Crippen molar-refractivity contribution in [1.82, 2.24) is 14.9 Å². The Labute approximate surface area is 157 Å². The van der Waals surface area contributed by atoms with E-state index in [0.717, 1.165) is 56.5 Å². The minimum atomic E-state index is 0.268. The van der Waals surface area contributed by atoms with E-state index in [1.807, 2.05) is 18.2 Å². The summed E-state index contributed by atoms with van der Waals surface area (Å²) < 4.78 is 16.1. The molecule has 0 radical (unpaired) electrons. The topological polar surface area (TPSA) is 107 Å². The lowest BCUT2D eigenvalue weighted by Gasteiger charge is -2.26. The number of nitrogens with two attached hydrogens (primary N) is 1. The van der Waals surface area contributed by atoms with Crippen molar-refractivity contribution in [3.8, 4) is 11.5 Å². The van der Waals surface area contributed by atoms with Crippen molar-refractivity contribution in [2.24, 2.45) is 0 Å². The van der Waals surface area contributed by atoms with Gasteiger partial charge in [0, 0.05) is 32.7 Å². The lowest BCUT2D eigenvalue weighted by atomic mass is 10.2. The maximum atomic E-state index is 6.23. The fourth-order valence-electron chi connectivity index (χ4n) is 3.07. The molecule has 0 saturated carbocycles. The van der Waals surface area contributed by atoms with E-state index >= 15 is 0 Å². The van der Waals surface area contributed by atoms with Gasteiger partial charge in [0.2, 0.25) is 6.79 Å². The van der Waals surface area contributed by atoms with Crippen LogP contribution in [-0.4, -0.2) is 61.1 Å². The number of nitrogens with one attached hydrogen (secondary N) is 2. The molecule has 0 amide bonds. The van der Waals surface area contributed by atoms with Gasteiger partial charge in [0.25, 0.3) is 0 Å². The van der Waals surface area contributed by atoms with Crippen LogP contribution in [0.15, 0.2) is 24.5 Å². The Morgan fingerprint density at radius 3 is 2.67 bits per heavy atom. The predicted molar refractivity (Wildman–Crippen MR) is 102 cm³/mol. The number of hydrogen-bond donors (Lipinski definition) is 3. The Morgan fingerprint density at radius 1 is 1.04 bits per heavy atom. The molecule has 1 fully saturated rings. The molecule has 9 heteroatoms. The highest BCUT2D eigenvalue weighted by molar-refractivity contribution is 5.74. The van der Waals surface area contributed by atoms with Gasteiger partial charge in [0.05, 0.1) is 13.2 Å². The van der Waals surface area contributed by atoms with Crippen molar-refractivity contribution in [3.05, 3.63) is 30.1 Å². The van der Waals surface area contributed by atoms with Crippen LogP contribution < -0.4 is 25.8 Å². The summed E-state index contributed by atoms with van der Waals surface area (Å²) in [6, 6.07) is 5.84. The second kappa shape index (κ2) is 8.28. The summed E-state index contributed by atoms with van der Waals surface area (Å²) in [5.41, 5.74) is 7.80. The number of aromatic nitrogens is 2. The van der Waals surface area contributed by atoms with Crippen molar-refractivity contribution in [3.63, 3.8) is 0 Å². The number of anilines is 3. The second-order valence-electron chi connectivity index (χ2n) is 6.41. The zero-order valence-corrected chi connectivity index (χ0v) is 15.1. The number of nitrogen functional groups attached to an aromatic ring is 1. The number of morpholine rings is 1. The van der Waals surface area contributed by atoms with E-state index in [4.69, 9.17) is 19.9 Å². The van der Waals surface area contributed by atoms with E-state index in [9.17, 15) is 0 Å². The number of rotatable bonds is 7. The molecule has 2 aliphatic heterocycles. The summed E-state index contributed by atoms with van der Waals surface area (Å²) in [5, 5.41) is 6.56. The van der Waals surface area contributed by atoms with Crippen molar-refractivity contribution >= 4 is 17.3 Å². The van der Waals surface area contributed by atoms with E-state index in [-0.39, 0.29) is 6.79 Å². The minimum absolute atomic E-state index is 0.268. The van der Waals surface area contributed by atoms with Gasteiger partial charge in [-0.25, -0.2) is 9.97 Å². The van der Waals surface area contributed by atoms with Gasteiger partial charge in [-0.05, 0) is 17.7 Å². The Morgan fingerprint density at radius 2 is 1.81 bits per heavy atom. The molecule has 9 nitrogen and oxygen atoms in total. The predicted octanol–water partition coefficient (Wildman–Crippen LogP) is 1.14. The zero-order chi connectivity index (χ0) is 18.5. The Bertz CT molecular complexity index is 782. The Balaban J connectivity index is 1.32. The molecule has 0 unspecified atom stereocenters. The van der Waals surface area contributed by atoms with Gasteiger partial charge >= 0.3 is 0 Å². The lowest BCUT2D eigenvalue weighted by Crippen LogP contribution is -2.39. The van der Waals surface area contributed by atoms with Crippen LogP contribution in [0.1, 0.15) is 5.56 Å². The number of benzene rings is 1. The molecule has 4 rings (SSSR count).